The molecule has 0 spiro atoms. The lowest BCUT2D eigenvalue weighted by molar-refractivity contribution is -0.150. The summed E-state index contributed by atoms with van der Waals surface area (Å²) in [7, 11) is -3.06. The van der Waals surface area contributed by atoms with E-state index in [0.717, 1.165) is 0 Å². The summed E-state index contributed by atoms with van der Waals surface area (Å²) in [5, 5.41) is 0.544. The van der Waals surface area contributed by atoms with Gasteiger partial charge in [0.15, 0.2) is 16.4 Å². The van der Waals surface area contributed by atoms with Crippen molar-refractivity contribution in [1.29, 1.82) is 0 Å². The van der Waals surface area contributed by atoms with Crippen LogP contribution in [-0.4, -0.2) is 38.6 Å². The van der Waals surface area contributed by atoms with Gasteiger partial charge in [0.2, 0.25) is 0 Å². The number of hydrogen-bond donors (Lipinski definition) is 0. The van der Waals surface area contributed by atoms with Crippen LogP contribution in [0.2, 0.25) is 5.02 Å². The molecule has 1 aromatic carbocycles. The fraction of sp³-hybridized carbons (Fsp3) is 0.417. The van der Waals surface area contributed by atoms with Crippen LogP contribution < -0.4 is 4.74 Å². The number of sulfone groups is 1. The van der Waals surface area contributed by atoms with E-state index >= 15 is 0 Å². The minimum absolute atomic E-state index is 0.0640. The second-order valence-electron chi connectivity index (χ2n) is 4.38. The Morgan fingerprint density at radius 2 is 2.20 bits per heavy atom. The molecule has 1 aliphatic heterocycles. The summed E-state index contributed by atoms with van der Waals surface area (Å²) in [5.41, 5.74) is 0. The lowest BCUT2D eigenvalue weighted by Gasteiger charge is -2.11. The molecule has 0 N–H and O–H groups in total. The molecule has 1 saturated heterocycles. The number of esters is 1. The number of ether oxygens (including phenoxy) is 2. The maximum Gasteiger partial charge on any atom is 0.344 e. The van der Waals surface area contributed by atoms with Crippen molar-refractivity contribution < 1.29 is 22.7 Å². The van der Waals surface area contributed by atoms with Gasteiger partial charge in [0.05, 0.1) is 16.0 Å². The number of benzene rings is 1. The monoisotopic (exact) mass is 382 g/mol. The number of hydrogen-bond acceptors (Lipinski definition) is 5. The Labute approximate surface area is 130 Å². The smallest absolute Gasteiger partial charge is 0.344 e. The van der Waals surface area contributed by atoms with Gasteiger partial charge in [-0.3, -0.25) is 0 Å². The molecule has 1 fully saturated rings. The second kappa shape index (κ2) is 6.32. The molecule has 1 atom stereocenters. The highest BCUT2D eigenvalue weighted by Crippen LogP contribution is 2.28. The highest BCUT2D eigenvalue weighted by molar-refractivity contribution is 9.10. The molecular weight excluding hydrogens is 372 g/mol. The van der Waals surface area contributed by atoms with Crippen LogP contribution in [0.5, 0.6) is 5.75 Å². The summed E-state index contributed by atoms with van der Waals surface area (Å²) in [6, 6.07) is 4.90. The molecule has 2 rings (SSSR count). The molecule has 0 saturated carbocycles. The summed E-state index contributed by atoms with van der Waals surface area (Å²) in [5.74, 6) is -0.169. The minimum Gasteiger partial charge on any atom is -0.481 e. The van der Waals surface area contributed by atoms with Crippen molar-refractivity contribution in [2.45, 2.75) is 12.5 Å². The molecular formula is C12H12BrClO5S. The van der Waals surface area contributed by atoms with Crippen LogP contribution in [-0.2, 0) is 19.4 Å². The SMILES string of the molecule is O=C(COc1ccc(Cl)cc1Br)O[C@@H]1CCS(=O)(=O)C1. The molecule has 0 radical (unpaired) electrons. The van der Waals surface area contributed by atoms with E-state index in [4.69, 9.17) is 21.1 Å². The van der Waals surface area contributed by atoms with Crippen molar-refractivity contribution in [1.82, 2.24) is 0 Å². The normalized spacial score (nSPS) is 20.6. The van der Waals surface area contributed by atoms with Crippen LogP contribution in [0, 0.1) is 0 Å². The Bertz CT molecular complexity index is 616. The van der Waals surface area contributed by atoms with Gasteiger partial charge < -0.3 is 9.47 Å². The summed E-state index contributed by atoms with van der Waals surface area (Å²) in [6.07, 6.45) is -0.219. The van der Waals surface area contributed by atoms with Crippen LogP contribution in [0.1, 0.15) is 6.42 Å². The third-order valence-electron chi connectivity index (χ3n) is 2.73. The van der Waals surface area contributed by atoms with Gasteiger partial charge in [-0.15, -0.1) is 0 Å². The minimum atomic E-state index is -3.06. The molecule has 8 heteroatoms. The van der Waals surface area contributed by atoms with E-state index in [2.05, 4.69) is 15.9 Å². The number of carbonyl (C=O) groups excluding carboxylic acids is 1. The molecule has 5 nitrogen and oxygen atoms in total. The van der Waals surface area contributed by atoms with E-state index in [9.17, 15) is 13.2 Å². The van der Waals surface area contributed by atoms with Gasteiger partial charge in [0, 0.05) is 5.02 Å². The molecule has 0 amide bonds. The van der Waals surface area contributed by atoms with Crippen LogP contribution in [0.25, 0.3) is 0 Å². The average Bonchev–Trinajstić information content (AvgIpc) is 2.67. The zero-order chi connectivity index (χ0) is 14.8. The van der Waals surface area contributed by atoms with E-state index in [0.29, 0.717) is 21.7 Å². The molecule has 20 heavy (non-hydrogen) atoms. The highest BCUT2D eigenvalue weighted by Gasteiger charge is 2.30. The van der Waals surface area contributed by atoms with Gasteiger partial charge in [0.25, 0.3) is 0 Å². The van der Waals surface area contributed by atoms with E-state index < -0.39 is 21.9 Å². The van der Waals surface area contributed by atoms with Crippen LogP contribution in [0.3, 0.4) is 0 Å². The van der Waals surface area contributed by atoms with Crippen LogP contribution >= 0.6 is 27.5 Å². The molecule has 0 aromatic heterocycles. The quantitative estimate of drug-likeness (QED) is 0.746. The maximum absolute atomic E-state index is 11.6. The van der Waals surface area contributed by atoms with Crippen LogP contribution in [0.15, 0.2) is 22.7 Å². The molecule has 1 aromatic rings. The summed E-state index contributed by atoms with van der Waals surface area (Å²) < 4.78 is 33.4. The van der Waals surface area contributed by atoms with Gasteiger partial charge in [-0.2, -0.15) is 0 Å². The Morgan fingerprint density at radius 1 is 1.45 bits per heavy atom. The largest absolute Gasteiger partial charge is 0.481 e. The van der Waals surface area contributed by atoms with Gasteiger partial charge in [-0.05, 0) is 40.5 Å². The molecule has 1 aliphatic rings. The first-order valence-corrected chi connectivity index (χ1v) is 8.83. The number of carbonyl (C=O) groups is 1. The predicted octanol–water partition coefficient (Wildman–Crippen LogP) is 2.21. The van der Waals surface area contributed by atoms with E-state index in [-0.39, 0.29) is 18.1 Å². The predicted molar refractivity (Wildman–Crippen MR) is 77.8 cm³/mol. The first-order chi connectivity index (χ1) is 9.35. The molecule has 0 aliphatic carbocycles. The first-order valence-electron chi connectivity index (χ1n) is 5.83. The van der Waals surface area contributed by atoms with Crippen molar-refractivity contribution in [3.05, 3.63) is 27.7 Å². The highest BCUT2D eigenvalue weighted by atomic mass is 79.9. The zero-order valence-electron chi connectivity index (χ0n) is 10.3. The molecule has 0 unspecified atom stereocenters. The molecule has 0 bridgehead atoms. The average molecular weight is 384 g/mol. The third-order valence-corrected chi connectivity index (χ3v) is 5.32. The second-order valence-corrected chi connectivity index (χ2v) is 7.90. The van der Waals surface area contributed by atoms with Gasteiger partial charge in [-0.25, -0.2) is 13.2 Å². The van der Waals surface area contributed by atoms with Crippen molar-refractivity contribution in [2.75, 3.05) is 18.1 Å². The van der Waals surface area contributed by atoms with E-state index in [1.165, 1.54) is 0 Å². The fourth-order valence-electron chi connectivity index (χ4n) is 1.80. The Morgan fingerprint density at radius 3 is 2.80 bits per heavy atom. The van der Waals surface area contributed by atoms with Gasteiger partial charge in [0.1, 0.15) is 11.9 Å². The zero-order valence-corrected chi connectivity index (χ0v) is 13.5. The maximum atomic E-state index is 11.6. The van der Waals surface area contributed by atoms with Crippen molar-refractivity contribution >= 4 is 43.3 Å². The lowest BCUT2D eigenvalue weighted by atomic mass is 10.3. The number of halogens is 2. The summed E-state index contributed by atoms with van der Waals surface area (Å²) in [4.78, 5) is 11.6. The van der Waals surface area contributed by atoms with Crippen molar-refractivity contribution in [2.24, 2.45) is 0 Å². The summed E-state index contributed by atoms with van der Waals surface area (Å²) >= 11 is 9.05. The van der Waals surface area contributed by atoms with E-state index in [1.807, 2.05) is 0 Å². The molecule has 110 valence electrons. The summed E-state index contributed by atoms with van der Waals surface area (Å²) in [6.45, 7) is -0.281. The lowest BCUT2D eigenvalue weighted by Crippen LogP contribution is -2.23. The standard InChI is InChI=1S/C12H12BrClO5S/c13-10-5-8(14)1-2-11(10)18-6-12(15)19-9-3-4-20(16,17)7-9/h1-2,5,9H,3-4,6-7H2/t9-/m1/s1. The van der Waals surface area contributed by atoms with Crippen molar-refractivity contribution in [3.8, 4) is 5.75 Å². The Hall–Kier alpha value is -0.790. The van der Waals surface area contributed by atoms with Crippen molar-refractivity contribution in [3.63, 3.8) is 0 Å². The number of rotatable bonds is 4. The topological polar surface area (TPSA) is 69.7 Å². The third kappa shape index (κ3) is 4.36. The fourth-order valence-corrected chi connectivity index (χ4v) is 4.19. The Balaban J connectivity index is 1.84. The first kappa shape index (κ1) is 15.6. The van der Waals surface area contributed by atoms with Gasteiger partial charge in [-0.1, -0.05) is 11.6 Å². The Kier molecular flexibility index (Phi) is 4.93. The van der Waals surface area contributed by atoms with E-state index in [1.54, 1.807) is 18.2 Å². The van der Waals surface area contributed by atoms with Crippen LogP contribution in [0.4, 0.5) is 0 Å². The molecule has 1 heterocycles. The van der Waals surface area contributed by atoms with Gasteiger partial charge >= 0.3 is 5.97 Å².